The van der Waals surface area contributed by atoms with Crippen molar-refractivity contribution in [3.8, 4) is 11.5 Å². The maximum Gasteiger partial charge on any atom is 0.405 e. The summed E-state index contributed by atoms with van der Waals surface area (Å²) in [7, 11) is -4.77. The third kappa shape index (κ3) is 9.97. The van der Waals surface area contributed by atoms with Crippen molar-refractivity contribution < 1.29 is 36.0 Å². The number of benzene rings is 3. The summed E-state index contributed by atoms with van der Waals surface area (Å²) in [5.74, 6) is -0.807. The van der Waals surface area contributed by atoms with E-state index < -0.39 is 49.8 Å². The molecule has 3 heterocycles. The number of rotatable bonds is 12. The number of fused-ring (bicyclic) bond motifs is 1. The fraction of sp³-hybridized carbons (Fsp3) is 0.317. The Morgan fingerprint density at radius 3 is 2.49 bits per heavy atom. The van der Waals surface area contributed by atoms with Crippen molar-refractivity contribution >= 4 is 61.2 Å². The largest absolute Gasteiger partial charge is 0.455 e. The van der Waals surface area contributed by atoms with Crippen LogP contribution < -0.4 is 19.7 Å². The number of carbonyl (C=O) groups is 1. The Labute approximate surface area is 343 Å². The highest BCUT2D eigenvalue weighted by molar-refractivity contribution is 7.90. The summed E-state index contributed by atoms with van der Waals surface area (Å²) in [5, 5.41) is 15.0. The highest BCUT2D eigenvalue weighted by Gasteiger charge is 2.32. The second kappa shape index (κ2) is 16.5. The predicted molar refractivity (Wildman–Crippen MR) is 220 cm³/mol. The van der Waals surface area contributed by atoms with E-state index in [0.29, 0.717) is 29.8 Å². The predicted octanol–water partition coefficient (Wildman–Crippen LogP) is 8.80. The summed E-state index contributed by atoms with van der Waals surface area (Å²) in [6.45, 7) is 6.73. The number of pyridine rings is 1. The number of hydrogen-bond acceptors (Lipinski definition) is 10. The van der Waals surface area contributed by atoms with Gasteiger partial charge in [-0.2, -0.15) is 13.2 Å². The van der Waals surface area contributed by atoms with Gasteiger partial charge >= 0.3 is 6.18 Å². The summed E-state index contributed by atoms with van der Waals surface area (Å²) in [6, 6.07) is 18.6. The van der Waals surface area contributed by atoms with Crippen LogP contribution in [0.2, 0.25) is 5.02 Å². The Balaban J connectivity index is 1.11. The molecule has 2 aliphatic rings. The number of aromatic amines is 1. The minimum absolute atomic E-state index is 0.0228. The number of ether oxygens (including phenoxy) is 1. The molecule has 18 heteroatoms. The summed E-state index contributed by atoms with van der Waals surface area (Å²) in [6.07, 6.45) is 1.57. The van der Waals surface area contributed by atoms with Gasteiger partial charge in [-0.05, 0) is 84.3 Å². The summed E-state index contributed by atoms with van der Waals surface area (Å²) in [5.41, 5.74) is 3.90. The Kier molecular flexibility index (Phi) is 11.6. The molecule has 3 aromatic carbocycles. The van der Waals surface area contributed by atoms with Crippen LogP contribution in [0.5, 0.6) is 11.5 Å². The molecule has 1 fully saturated rings. The Hall–Kier alpha value is -5.65. The van der Waals surface area contributed by atoms with Crippen LogP contribution >= 0.6 is 11.6 Å². The van der Waals surface area contributed by atoms with E-state index in [1.54, 1.807) is 30.5 Å². The van der Waals surface area contributed by atoms with E-state index in [9.17, 15) is 36.5 Å². The minimum Gasteiger partial charge on any atom is -0.455 e. The number of allylic oxidation sites excluding steroid dienone is 1. The first-order valence-electron chi connectivity index (χ1n) is 18.8. The van der Waals surface area contributed by atoms with Crippen molar-refractivity contribution in [2.45, 2.75) is 44.2 Å². The van der Waals surface area contributed by atoms with Gasteiger partial charge < -0.3 is 19.9 Å². The molecular formula is C41H41ClF3N7O6S. The zero-order valence-electron chi connectivity index (χ0n) is 32.1. The van der Waals surface area contributed by atoms with Gasteiger partial charge in [0.25, 0.3) is 21.6 Å². The number of carbonyl (C=O) groups excluding carboxylic acids is 1. The fourth-order valence-corrected chi connectivity index (χ4v) is 8.50. The van der Waals surface area contributed by atoms with Crippen molar-refractivity contribution in [3.63, 3.8) is 0 Å². The van der Waals surface area contributed by atoms with Gasteiger partial charge in [0.15, 0.2) is 0 Å². The van der Waals surface area contributed by atoms with Gasteiger partial charge in [-0.1, -0.05) is 43.2 Å². The number of amides is 1. The number of H-pyrrole nitrogens is 1. The minimum atomic E-state index is -4.77. The van der Waals surface area contributed by atoms with Crippen LogP contribution in [-0.4, -0.2) is 79.6 Å². The average molecular weight is 852 g/mol. The molecule has 0 bridgehead atoms. The fourth-order valence-electron chi connectivity index (χ4n) is 7.39. The maximum absolute atomic E-state index is 13.7. The number of alkyl halides is 3. The van der Waals surface area contributed by atoms with Crippen LogP contribution in [-0.2, 0) is 10.0 Å². The van der Waals surface area contributed by atoms with Gasteiger partial charge in [0.1, 0.15) is 29.4 Å². The SMILES string of the molecule is CC1(C)CCC(CN2CCN(c3ccc(C(=O)NS(=O)(=O)c4ccc(NCC(F)(F)F)c([N+](=O)[O-])c4)c(Oc4cnc5[nH]ccc5c4)c3)CC2)=C(c2ccc(Cl)cc2)C1. The lowest BCUT2D eigenvalue weighted by atomic mass is 9.72. The van der Waals surface area contributed by atoms with Gasteiger partial charge in [-0.25, -0.2) is 18.1 Å². The lowest BCUT2D eigenvalue weighted by Crippen LogP contribution is -2.47. The standard InChI is InChI=1S/C41H41ClF3N7O6S/c1-40(2)13-11-28(34(22-40)26-3-5-29(42)6-4-26)24-50-15-17-51(18-16-50)30-7-9-33(37(20-30)58-31-19-27-12-14-46-38(27)47-23-31)39(53)49-59(56,57)32-8-10-35(36(21-32)52(54)55)48-25-41(43,44)45/h3-10,12,14,19-21,23,48H,11,13,15-18,22,24-25H2,1-2H3,(H,46,47)(H,49,53). The molecule has 0 spiro atoms. The topological polar surface area (TPSA) is 163 Å². The van der Waals surface area contributed by atoms with Crippen molar-refractivity contribution in [3.05, 3.63) is 117 Å². The molecular weight excluding hydrogens is 811 g/mol. The van der Waals surface area contributed by atoms with E-state index in [0.717, 1.165) is 62.1 Å². The van der Waals surface area contributed by atoms with Gasteiger partial charge in [-0.3, -0.25) is 19.8 Å². The highest BCUT2D eigenvalue weighted by Crippen LogP contribution is 2.43. The quantitative estimate of drug-likeness (QED) is 0.0817. The molecule has 59 heavy (non-hydrogen) atoms. The van der Waals surface area contributed by atoms with Gasteiger partial charge in [-0.15, -0.1) is 0 Å². The van der Waals surface area contributed by atoms with Crippen molar-refractivity contribution in [2.24, 2.45) is 5.41 Å². The monoisotopic (exact) mass is 851 g/mol. The second-order valence-corrected chi connectivity index (χ2v) is 17.5. The number of nitrogens with zero attached hydrogens (tertiary/aromatic N) is 4. The number of halogens is 4. The highest BCUT2D eigenvalue weighted by atomic mass is 35.5. The third-order valence-corrected chi connectivity index (χ3v) is 12.1. The molecule has 5 aromatic rings. The average Bonchev–Trinajstić information content (AvgIpc) is 3.66. The van der Waals surface area contributed by atoms with Gasteiger partial charge in [0, 0.05) is 67.1 Å². The molecule has 1 amide bonds. The van der Waals surface area contributed by atoms with E-state index in [1.165, 1.54) is 29.0 Å². The van der Waals surface area contributed by atoms with E-state index in [2.05, 4.69) is 45.7 Å². The molecule has 2 aromatic heterocycles. The van der Waals surface area contributed by atoms with Crippen LogP contribution in [0.4, 0.5) is 30.2 Å². The van der Waals surface area contributed by atoms with Crippen LogP contribution in [0, 0.1) is 15.5 Å². The second-order valence-electron chi connectivity index (χ2n) is 15.4. The number of aromatic nitrogens is 2. The Bertz CT molecular complexity index is 2540. The molecule has 0 radical (unpaired) electrons. The molecule has 3 N–H and O–H groups in total. The maximum atomic E-state index is 13.7. The first-order chi connectivity index (χ1) is 27.9. The molecule has 7 rings (SSSR count). The van der Waals surface area contributed by atoms with Gasteiger partial charge in [0.2, 0.25) is 0 Å². The molecule has 1 saturated heterocycles. The van der Waals surface area contributed by atoms with E-state index >= 15 is 0 Å². The van der Waals surface area contributed by atoms with Gasteiger partial charge in [0.05, 0.1) is 21.6 Å². The van der Waals surface area contributed by atoms with Crippen LogP contribution in [0.25, 0.3) is 16.6 Å². The lowest BCUT2D eigenvalue weighted by molar-refractivity contribution is -0.384. The molecule has 0 atom stereocenters. The number of sulfonamides is 1. The number of hydrogen-bond donors (Lipinski definition) is 3. The zero-order valence-corrected chi connectivity index (χ0v) is 33.7. The zero-order chi connectivity index (χ0) is 42.1. The Morgan fingerprint density at radius 1 is 1.03 bits per heavy atom. The molecule has 1 aliphatic carbocycles. The van der Waals surface area contributed by atoms with Crippen LogP contribution in [0.3, 0.4) is 0 Å². The van der Waals surface area contributed by atoms with Crippen molar-refractivity contribution in [1.29, 1.82) is 0 Å². The normalized spacial score (nSPS) is 16.3. The molecule has 0 saturated carbocycles. The molecule has 1 aliphatic heterocycles. The van der Waals surface area contributed by atoms with Crippen LogP contribution in [0.1, 0.15) is 49.0 Å². The number of nitrogens with one attached hydrogen (secondary N) is 3. The first kappa shape index (κ1) is 41.5. The number of piperazine rings is 1. The number of nitro benzene ring substituents is 1. The number of anilines is 2. The molecule has 0 unspecified atom stereocenters. The summed E-state index contributed by atoms with van der Waals surface area (Å²) in [4.78, 5) is 35.6. The van der Waals surface area contributed by atoms with Crippen molar-refractivity contribution in [2.75, 3.05) is 49.5 Å². The van der Waals surface area contributed by atoms with Crippen molar-refractivity contribution in [1.82, 2.24) is 19.6 Å². The van der Waals surface area contributed by atoms with Crippen LogP contribution in [0.15, 0.2) is 95.7 Å². The summed E-state index contributed by atoms with van der Waals surface area (Å²) >= 11 is 6.21. The molecule has 13 nitrogen and oxygen atoms in total. The molecule has 310 valence electrons. The van der Waals surface area contributed by atoms with E-state index in [1.807, 2.05) is 22.2 Å². The third-order valence-electron chi connectivity index (χ3n) is 10.5. The Morgan fingerprint density at radius 2 is 1.78 bits per heavy atom. The van der Waals surface area contributed by atoms with E-state index in [4.69, 9.17) is 16.3 Å². The first-order valence-corrected chi connectivity index (χ1v) is 20.6. The lowest BCUT2D eigenvalue weighted by Gasteiger charge is -2.39. The van der Waals surface area contributed by atoms with E-state index in [-0.39, 0.29) is 22.5 Å². The summed E-state index contributed by atoms with van der Waals surface area (Å²) < 4.78 is 73.3. The number of nitro groups is 1. The smallest absolute Gasteiger partial charge is 0.405 e.